The van der Waals surface area contributed by atoms with Crippen molar-refractivity contribution in [2.75, 3.05) is 0 Å². The number of hydrogen-bond acceptors (Lipinski definition) is 2. The largest absolute Gasteiger partial charge is 0.145 e. The van der Waals surface area contributed by atoms with Gasteiger partial charge in [-0.15, -0.1) is 22.7 Å². The van der Waals surface area contributed by atoms with Crippen molar-refractivity contribution in [2.24, 2.45) is 0 Å². The van der Waals surface area contributed by atoms with Crippen LogP contribution in [0, 0.1) is 0 Å². The average Bonchev–Trinajstić information content (AvgIpc) is 3.29. The first-order valence-corrected chi connectivity index (χ1v) is 14.9. The first-order valence-electron chi connectivity index (χ1n) is 9.68. The maximum absolute atomic E-state index is 2.43. The van der Waals surface area contributed by atoms with Crippen LogP contribution < -0.4 is 4.50 Å². The second kappa shape index (κ2) is 5.66. The summed E-state index contributed by atoms with van der Waals surface area (Å²) in [4.78, 5) is 0. The van der Waals surface area contributed by atoms with E-state index in [1.165, 1.54) is 52.5 Å². The summed E-state index contributed by atoms with van der Waals surface area (Å²) in [6, 6.07) is 23.4. The van der Waals surface area contributed by atoms with Gasteiger partial charge in [0.2, 0.25) is 0 Å². The molecule has 0 aliphatic heterocycles. The van der Waals surface area contributed by atoms with E-state index < -0.39 is 8.07 Å². The predicted molar refractivity (Wildman–Crippen MR) is 133 cm³/mol. The van der Waals surface area contributed by atoms with E-state index in [4.69, 9.17) is 0 Å². The van der Waals surface area contributed by atoms with Crippen LogP contribution in [0.5, 0.6) is 0 Å². The van der Waals surface area contributed by atoms with Gasteiger partial charge in [-0.1, -0.05) is 43.9 Å². The summed E-state index contributed by atoms with van der Waals surface area (Å²) in [5.74, 6) is 0. The van der Waals surface area contributed by atoms with Gasteiger partial charge >= 0.3 is 0 Å². The Morgan fingerprint density at radius 2 is 1.21 bits per heavy atom. The van der Waals surface area contributed by atoms with E-state index in [2.05, 4.69) is 85.7 Å². The Hall–Kier alpha value is -2.20. The van der Waals surface area contributed by atoms with Crippen LogP contribution in [0.4, 0.5) is 0 Å². The van der Waals surface area contributed by atoms with Crippen molar-refractivity contribution in [1.29, 1.82) is 0 Å². The third-order valence-electron chi connectivity index (χ3n) is 5.78. The lowest BCUT2D eigenvalue weighted by Gasteiger charge is -2.11. The molecule has 2 aromatic heterocycles. The molecule has 0 spiro atoms. The number of benzene rings is 4. The number of fused-ring (bicyclic) bond motifs is 7. The molecular weight excluding hydrogens is 392 g/mol. The average molecular weight is 413 g/mol. The van der Waals surface area contributed by atoms with Gasteiger partial charge in [-0.3, -0.25) is 0 Å². The van der Waals surface area contributed by atoms with Gasteiger partial charge in [0.15, 0.2) is 0 Å². The molecule has 0 saturated carbocycles. The highest BCUT2D eigenvalue weighted by Crippen LogP contribution is 2.37. The van der Waals surface area contributed by atoms with Crippen LogP contribution in [0.3, 0.4) is 0 Å². The topological polar surface area (TPSA) is 0 Å². The summed E-state index contributed by atoms with van der Waals surface area (Å²) >= 11 is 3.82. The molecule has 0 atom stereocenters. The van der Waals surface area contributed by atoms with E-state index in [1.807, 2.05) is 22.7 Å². The fourth-order valence-corrected chi connectivity index (χ4v) is 8.03. The third-order valence-corrected chi connectivity index (χ3v) is 11.3. The molecule has 0 fully saturated rings. The highest BCUT2D eigenvalue weighted by Gasteiger charge is 2.19. The molecule has 0 nitrogen and oxygen atoms in total. The Labute approximate surface area is 173 Å². The quantitative estimate of drug-likeness (QED) is 0.189. The lowest BCUT2D eigenvalue weighted by molar-refractivity contribution is 1.79. The Kier molecular flexibility index (Phi) is 3.38. The van der Waals surface area contributed by atoms with Crippen LogP contribution >= 0.6 is 22.7 Å². The first-order chi connectivity index (χ1) is 13.5. The molecule has 0 N–H and O–H groups in total. The second-order valence-corrected chi connectivity index (χ2v) is 16.2. The molecule has 0 radical (unpaired) electrons. The van der Waals surface area contributed by atoms with E-state index in [9.17, 15) is 0 Å². The first kappa shape index (κ1) is 16.7. The molecular formula is C25H20S2Si. The standard InChI is InChI=1S/C25H20S2Si/c1-28(2,3)25-12-18-11-16-5-7-19-20(22(16)14-24(18)27-25)6-4-15-10-17-8-9-26-23(17)13-21(15)19/h4-14H,1-3H3. The van der Waals surface area contributed by atoms with Crippen molar-refractivity contribution < 1.29 is 0 Å². The van der Waals surface area contributed by atoms with E-state index in [1.54, 1.807) is 4.50 Å². The van der Waals surface area contributed by atoms with Gasteiger partial charge in [-0.05, 0) is 89.4 Å². The summed E-state index contributed by atoms with van der Waals surface area (Å²) < 4.78 is 4.38. The molecule has 6 aromatic rings. The van der Waals surface area contributed by atoms with Crippen LogP contribution in [-0.2, 0) is 0 Å². The second-order valence-electron chi connectivity index (χ2n) is 8.73. The van der Waals surface area contributed by atoms with Crippen molar-refractivity contribution in [2.45, 2.75) is 19.6 Å². The predicted octanol–water partition coefficient (Wildman–Crippen LogP) is 8.12. The Bertz CT molecular complexity index is 1540. The highest BCUT2D eigenvalue weighted by molar-refractivity contribution is 7.31. The monoisotopic (exact) mass is 412 g/mol. The molecule has 0 aliphatic carbocycles. The minimum atomic E-state index is -1.28. The van der Waals surface area contributed by atoms with Crippen LogP contribution in [0.2, 0.25) is 19.6 Å². The zero-order valence-corrected chi connectivity index (χ0v) is 18.8. The maximum Gasteiger partial charge on any atom is 0.0904 e. The molecule has 0 unspecified atom stereocenters. The SMILES string of the molecule is C[Si](C)(C)c1cc2cc3ccc4c5cc6sccc6cc5ccc4c3cc2s1. The van der Waals surface area contributed by atoms with Gasteiger partial charge in [-0.2, -0.15) is 0 Å². The number of thiophene rings is 2. The summed E-state index contributed by atoms with van der Waals surface area (Å²) in [7, 11) is -1.28. The fraction of sp³-hybridized carbons (Fsp3) is 0.120. The van der Waals surface area contributed by atoms with E-state index >= 15 is 0 Å². The van der Waals surface area contributed by atoms with Crippen molar-refractivity contribution in [3.8, 4) is 0 Å². The van der Waals surface area contributed by atoms with Crippen LogP contribution in [0.15, 0.2) is 66.0 Å². The zero-order valence-electron chi connectivity index (χ0n) is 16.2. The normalized spacial score (nSPS) is 12.8. The fourth-order valence-electron chi connectivity index (χ4n) is 4.24. The summed E-state index contributed by atoms with van der Waals surface area (Å²) in [6.07, 6.45) is 0. The highest BCUT2D eigenvalue weighted by atomic mass is 32.1. The lowest BCUT2D eigenvalue weighted by atomic mass is 9.96. The van der Waals surface area contributed by atoms with Gasteiger partial charge in [0, 0.05) is 9.40 Å². The molecule has 4 aromatic carbocycles. The minimum absolute atomic E-state index is 1.28. The van der Waals surface area contributed by atoms with Crippen LogP contribution in [0.25, 0.3) is 52.5 Å². The molecule has 136 valence electrons. The van der Waals surface area contributed by atoms with Crippen molar-refractivity contribution >= 4 is 87.7 Å². The minimum Gasteiger partial charge on any atom is -0.145 e. The van der Waals surface area contributed by atoms with Gasteiger partial charge in [0.25, 0.3) is 0 Å². The molecule has 6 rings (SSSR count). The number of hydrogen-bond donors (Lipinski definition) is 0. The van der Waals surface area contributed by atoms with Gasteiger partial charge < -0.3 is 0 Å². The molecule has 3 heteroatoms. The van der Waals surface area contributed by atoms with Gasteiger partial charge in [-0.25, -0.2) is 0 Å². The Morgan fingerprint density at radius 3 is 1.89 bits per heavy atom. The summed E-state index contributed by atoms with van der Waals surface area (Å²) in [5, 5.41) is 13.1. The molecule has 2 heterocycles. The van der Waals surface area contributed by atoms with Crippen LogP contribution in [-0.4, -0.2) is 8.07 Å². The van der Waals surface area contributed by atoms with Crippen LogP contribution in [0.1, 0.15) is 0 Å². The van der Waals surface area contributed by atoms with Gasteiger partial charge in [0.1, 0.15) is 0 Å². The zero-order chi connectivity index (χ0) is 19.0. The van der Waals surface area contributed by atoms with Crippen molar-refractivity contribution in [1.82, 2.24) is 0 Å². The Morgan fingerprint density at radius 1 is 0.571 bits per heavy atom. The van der Waals surface area contributed by atoms with Crippen molar-refractivity contribution in [3.05, 3.63) is 66.0 Å². The summed E-state index contributed by atoms with van der Waals surface area (Å²) in [5.41, 5.74) is 0. The molecule has 0 bridgehead atoms. The lowest BCUT2D eigenvalue weighted by Crippen LogP contribution is -2.34. The molecule has 0 amide bonds. The van der Waals surface area contributed by atoms with E-state index in [0.29, 0.717) is 0 Å². The smallest absolute Gasteiger partial charge is 0.0904 e. The van der Waals surface area contributed by atoms with E-state index in [0.717, 1.165) is 0 Å². The molecule has 0 saturated heterocycles. The van der Waals surface area contributed by atoms with Crippen molar-refractivity contribution in [3.63, 3.8) is 0 Å². The maximum atomic E-state index is 2.43. The molecule has 28 heavy (non-hydrogen) atoms. The Balaban J connectivity index is 1.71. The molecule has 0 aliphatic rings. The van der Waals surface area contributed by atoms with E-state index in [-0.39, 0.29) is 0 Å². The van der Waals surface area contributed by atoms with Gasteiger partial charge in [0.05, 0.1) is 8.07 Å². The summed E-state index contributed by atoms with van der Waals surface area (Å²) in [6.45, 7) is 7.30. The number of rotatable bonds is 1. The third kappa shape index (κ3) is 2.40.